The van der Waals surface area contributed by atoms with Gasteiger partial charge in [0.15, 0.2) is 17.4 Å². The van der Waals surface area contributed by atoms with Gasteiger partial charge in [-0.05, 0) is 54.0 Å². The number of halogens is 2. The lowest BCUT2D eigenvalue weighted by Gasteiger charge is -2.29. The standard InChI is InChI=1S/C20H22F2O2/c1-2-3-13-4-9-19(24-12-13)15-7-5-14(6-8-15)16-10-17(21)20(23)18(22)11-16/h5-8,10-11,13,19,23H,2-4,9,12H2,1H3. The van der Waals surface area contributed by atoms with Crippen LogP contribution in [0.5, 0.6) is 5.75 Å². The summed E-state index contributed by atoms with van der Waals surface area (Å²) in [6.07, 6.45) is 4.68. The fourth-order valence-electron chi connectivity index (χ4n) is 3.33. The number of phenols is 1. The molecule has 2 aromatic rings. The van der Waals surface area contributed by atoms with Crippen LogP contribution in [0.25, 0.3) is 11.1 Å². The molecule has 128 valence electrons. The highest BCUT2D eigenvalue weighted by atomic mass is 19.1. The van der Waals surface area contributed by atoms with E-state index < -0.39 is 17.4 Å². The fourth-order valence-corrected chi connectivity index (χ4v) is 3.33. The van der Waals surface area contributed by atoms with E-state index in [0.717, 1.165) is 30.7 Å². The van der Waals surface area contributed by atoms with Gasteiger partial charge in [0, 0.05) is 0 Å². The van der Waals surface area contributed by atoms with Gasteiger partial charge in [-0.1, -0.05) is 37.6 Å². The van der Waals surface area contributed by atoms with Crippen LogP contribution in [-0.2, 0) is 4.74 Å². The van der Waals surface area contributed by atoms with E-state index in [0.29, 0.717) is 17.0 Å². The van der Waals surface area contributed by atoms with Crippen molar-refractivity contribution >= 4 is 0 Å². The van der Waals surface area contributed by atoms with E-state index in [4.69, 9.17) is 4.74 Å². The average molecular weight is 332 g/mol. The molecule has 0 radical (unpaired) electrons. The van der Waals surface area contributed by atoms with Crippen LogP contribution in [0, 0.1) is 17.6 Å². The maximum absolute atomic E-state index is 13.5. The molecule has 3 rings (SSSR count). The van der Waals surface area contributed by atoms with Crippen molar-refractivity contribution in [1.82, 2.24) is 0 Å². The van der Waals surface area contributed by atoms with E-state index in [2.05, 4.69) is 6.92 Å². The molecule has 2 nitrogen and oxygen atoms in total. The second-order valence-electron chi connectivity index (χ2n) is 6.46. The van der Waals surface area contributed by atoms with Crippen LogP contribution >= 0.6 is 0 Å². The second kappa shape index (κ2) is 7.31. The van der Waals surface area contributed by atoms with E-state index in [9.17, 15) is 13.9 Å². The first-order valence-electron chi connectivity index (χ1n) is 8.48. The zero-order valence-electron chi connectivity index (χ0n) is 13.8. The molecular formula is C20H22F2O2. The summed E-state index contributed by atoms with van der Waals surface area (Å²) in [5.41, 5.74) is 2.20. The average Bonchev–Trinajstić information content (AvgIpc) is 2.60. The molecule has 2 unspecified atom stereocenters. The van der Waals surface area contributed by atoms with Gasteiger partial charge in [-0.3, -0.25) is 0 Å². The summed E-state index contributed by atoms with van der Waals surface area (Å²) < 4.78 is 32.9. The Hall–Kier alpha value is -1.94. The Labute approximate surface area is 141 Å². The zero-order chi connectivity index (χ0) is 17.1. The molecule has 4 heteroatoms. The molecule has 1 heterocycles. The largest absolute Gasteiger partial charge is 0.503 e. The Kier molecular flexibility index (Phi) is 5.14. The molecule has 0 aliphatic carbocycles. The Morgan fingerprint density at radius 1 is 1.04 bits per heavy atom. The third kappa shape index (κ3) is 3.59. The minimum atomic E-state index is -0.952. The lowest BCUT2D eigenvalue weighted by molar-refractivity contribution is -0.0194. The summed E-state index contributed by atoms with van der Waals surface area (Å²) in [4.78, 5) is 0. The van der Waals surface area contributed by atoms with Gasteiger partial charge in [0.05, 0.1) is 12.7 Å². The van der Waals surface area contributed by atoms with Crippen molar-refractivity contribution in [2.75, 3.05) is 6.61 Å². The van der Waals surface area contributed by atoms with E-state index in [1.807, 2.05) is 24.3 Å². The Bertz CT molecular complexity index is 666. The molecule has 0 bridgehead atoms. The number of phenolic OH excluding ortho intramolecular Hbond substituents is 1. The highest BCUT2D eigenvalue weighted by Gasteiger charge is 2.22. The number of rotatable bonds is 4. The normalized spacial score (nSPS) is 21.0. The van der Waals surface area contributed by atoms with Crippen molar-refractivity contribution < 1.29 is 18.6 Å². The summed E-state index contributed by atoms with van der Waals surface area (Å²) in [7, 11) is 0. The number of aromatic hydroxyl groups is 1. The third-order valence-electron chi connectivity index (χ3n) is 4.70. The van der Waals surface area contributed by atoms with Crippen LogP contribution in [0.3, 0.4) is 0 Å². The quantitative estimate of drug-likeness (QED) is 0.789. The molecule has 0 amide bonds. The molecule has 0 saturated carbocycles. The van der Waals surface area contributed by atoms with Crippen molar-refractivity contribution in [3.8, 4) is 16.9 Å². The summed E-state index contributed by atoms with van der Waals surface area (Å²) in [6.45, 7) is 2.99. The van der Waals surface area contributed by atoms with Gasteiger partial charge in [0.25, 0.3) is 0 Å². The maximum Gasteiger partial charge on any atom is 0.187 e. The molecule has 24 heavy (non-hydrogen) atoms. The van der Waals surface area contributed by atoms with Gasteiger partial charge < -0.3 is 9.84 Å². The topological polar surface area (TPSA) is 29.5 Å². The molecule has 1 fully saturated rings. The van der Waals surface area contributed by atoms with E-state index in [1.54, 1.807) is 0 Å². The summed E-state index contributed by atoms with van der Waals surface area (Å²) in [5, 5.41) is 9.18. The maximum atomic E-state index is 13.5. The van der Waals surface area contributed by atoms with E-state index >= 15 is 0 Å². The minimum Gasteiger partial charge on any atom is -0.503 e. The molecule has 0 spiro atoms. The van der Waals surface area contributed by atoms with Crippen molar-refractivity contribution in [3.63, 3.8) is 0 Å². The van der Waals surface area contributed by atoms with Crippen molar-refractivity contribution in [1.29, 1.82) is 0 Å². The van der Waals surface area contributed by atoms with Crippen LogP contribution in [0.1, 0.15) is 44.3 Å². The Balaban J connectivity index is 1.72. The molecule has 2 atom stereocenters. The van der Waals surface area contributed by atoms with Crippen LogP contribution in [-0.4, -0.2) is 11.7 Å². The molecule has 1 N–H and O–H groups in total. The van der Waals surface area contributed by atoms with Gasteiger partial charge in [-0.15, -0.1) is 0 Å². The lowest BCUT2D eigenvalue weighted by atomic mass is 9.91. The highest BCUT2D eigenvalue weighted by Crippen LogP contribution is 2.34. The molecule has 0 aromatic heterocycles. The van der Waals surface area contributed by atoms with Crippen molar-refractivity contribution in [2.45, 2.75) is 38.7 Å². The smallest absolute Gasteiger partial charge is 0.187 e. The third-order valence-corrected chi connectivity index (χ3v) is 4.70. The molecule has 1 aliphatic rings. The molecular weight excluding hydrogens is 310 g/mol. The summed E-state index contributed by atoms with van der Waals surface area (Å²) >= 11 is 0. The first-order valence-corrected chi connectivity index (χ1v) is 8.48. The fraction of sp³-hybridized carbons (Fsp3) is 0.400. The Morgan fingerprint density at radius 3 is 2.25 bits per heavy atom. The number of benzene rings is 2. The molecule has 2 aromatic carbocycles. The van der Waals surface area contributed by atoms with E-state index in [1.165, 1.54) is 19.3 Å². The predicted molar refractivity (Wildman–Crippen MR) is 89.8 cm³/mol. The van der Waals surface area contributed by atoms with Crippen molar-refractivity contribution in [2.24, 2.45) is 5.92 Å². The highest BCUT2D eigenvalue weighted by molar-refractivity contribution is 5.65. The van der Waals surface area contributed by atoms with Crippen molar-refractivity contribution in [3.05, 3.63) is 53.6 Å². The SMILES string of the molecule is CCCC1CCC(c2ccc(-c3cc(F)c(O)c(F)c3)cc2)OC1. The minimum absolute atomic E-state index is 0.0976. The van der Waals surface area contributed by atoms with Gasteiger partial charge in [0.2, 0.25) is 0 Å². The van der Waals surface area contributed by atoms with Crippen LogP contribution in [0.2, 0.25) is 0 Å². The lowest BCUT2D eigenvalue weighted by Crippen LogP contribution is -2.20. The zero-order valence-corrected chi connectivity index (χ0v) is 13.8. The number of ether oxygens (including phenoxy) is 1. The summed E-state index contributed by atoms with van der Waals surface area (Å²) in [5.74, 6) is -2.18. The predicted octanol–water partition coefficient (Wildman–Crippen LogP) is 5.61. The monoisotopic (exact) mass is 332 g/mol. The van der Waals surface area contributed by atoms with Gasteiger partial charge >= 0.3 is 0 Å². The van der Waals surface area contributed by atoms with Crippen LogP contribution < -0.4 is 0 Å². The van der Waals surface area contributed by atoms with Crippen LogP contribution in [0.15, 0.2) is 36.4 Å². The van der Waals surface area contributed by atoms with E-state index in [-0.39, 0.29) is 6.10 Å². The first kappa shape index (κ1) is 16.9. The summed E-state index contributed by atoms with van der Waals surface area (Å²) in [6, 6.07) is 9.84. The molecule has 1 saturated heterocycles. The second-order valence-corrected chi connectivity index (χ2v) is 6.46. The first-order chi connectivity index (χ1) is 11.6. The number of hydrogen-bond acceptors (Lipinski definition) is 2. The van der Waals surface area contributed by atoms with Gasteiger partial charge in [-0.2, -0.15) is 0 Å². The number of hydrogen-bond donors (Lipinski definition) is 1. The van der Waals surface area contributed by atoms with Gasteiger partial charge in [-0.25, -0.2) is 8.78 Å². The van der Waals surface area contributed by atoms with Crippen LogP contribution in [0.4, 0.5) is 8.78 Å². The molecule has 1 aliphatic heterocycles. The van der Waals surface area contributed by atoms with Gasteiger partial charge in [0.1, 0.15) is 0 Å². The Morgan fingerprint density at radius 2 is 1.71 bits per heavy atom.